The molecule has 4 heteroatoms. The van der Waals surface area contributed by atoms with E-state index in [1.165, 1.54) is 6.07 Å². The smallest absolute Gasteiger partial charge is 0.336 e. The summed E-state index contributed by atoms with van der Waals surface area (Å²) in [6, 6.07) is 3.23. The molecule has 1 aromatic rings. The highest BCUT2D eigenvalue weighted by atomic mass is 16.4. The Bertz CT molecular complexity index is 549. The number of rotatable bonds is 10. The van der Waals surface area contributed by atoms with Crippen LogP contribution in [0.3, 0.4) is 0 Å². The molecule has 0 fully saturated rings. The van der Waals surface area contributed by atoms with Gasteiger partial charge < -0.3 is 10.2 Å². The van der Waals surface area contributed by atoms with Gasteiger partial charge in [-0.15, -0.1) is 0 Å². The number of hydrogen-bond acceptors (Lipinski definition) is 2. The lowest BCUT2D eigenvalue weighted by Gasteiger charge is -2.20. The third-order valence-corrected chi connectivity index (χ3v) is 4.41. The van der Waals surface area contributed by atoms with Crippen LogP contribution in [-0.2, 0) is 12.8 Å². The van der Waals surface area contributed by atoms with Crippen molar-refractivity contribution in [2.75, 3.05) is 0 Å². The van der Waals surface area contributed by atoms with Crippen LogP contribution in [0, 0.1) is 5.92 Å². The monoisotopic (exact) mass is 320 g/mol. The van der Waals surface area contributed by atoms with Gasteiger partial charge in [0, 0.05) is 0 Å². The molecule has 0 aliphatic heterocycles. The van der Waals surface area contributed by atoms with Crippen LogP contribution in [0.1, 0.15) is 84.7 Å². The Morgan fingerprint density at radius 3 is 2.22 bits per heavy atom. The third kappa shape index (κ3) is 5.08. The number of hydrogen-bond donors (Lipinski definition) is 2. The number of benzene rings is 1. The van der Waals surface area contributed by atoms with E-state index in [9.17, 15) is 19.8 Å². The fourth-order valence-corrected chi connectivity index (χ4v) is 3.08. The van der Waals surface area contributed by atoms with E-state index in [1.54, 1.807) is 6.07 Å². The Hall–Kier alpha value is -1.84. The summed E-state index contributed by atoms with van der Waals surface area (Å²) in [5, 5.41) is 18.9. The Morgan fingerprint density at radius 1 is 1.04 bits per heavy atom. The van der Waals surface area contributed by atoms with Crippen LogP contribution in [0.4, 0.5) is 0 Å². The van der Waals surface area contributed by atoms with Gasteiger partial charge >= 0.3 is 11.9 Å². The number of carboxylic acid groups (broad SMARTS) is 2. The highest BCUT2D eigenvalue weighted by Gasteiger charge is 2.24. The average molecular weight is 320 g/mol. The SMILES string of the molecule is CCCCC(CC)Cc1c(CCC)ccc(C(=O)O)c1C(=O)O. The molecule has 1 rings (SSSR count). The van der Waals surface area contributed by atoms with Gasteiger partial charge in [-0.1, -0.05) is 58.9 Å². The van der Waals surface area contributed by atoms with Crippen LogP contribution in [0.15, 0.2) is 12.1 Å². The maximum atomic E-state index is 11.7. The number of aryl methyl sites for hydroxylation is 1. The van der Waals surface area contributed by atoms with Crippen molar-refractivity contribution in [3.05, 3.63) is 34.4 Å². The summed E-state index contributed by atoms with van der Waals surface area (Å²) in [4.78, 5) is 23.1. The molecule has 0 aliphatic carbocycles. The molecule has 0 amide bonds. The molecule has 23 heavy (non-hydrogen) atoms. The molecule has 1 aromatic carbocycles. The fraction of sp³-hybridized carbons (Fsp3) is 0.579. The van der Waals surface area contributed by atoms with Gasteiger partial charge in [-0.3, -0.25) is 0 Å². The highest BCUT2D eigenvalue weighted by molar-refractivity contribution is 6.03. The van der Waals surface area contributed by atoms with E-state index in [4.69, 9.17) is 0 Å². The Balaban J connectivity index is 3.35. The molecule has 4 nitrogen and oxygen atoms in total. The summed E-state index contributed by atoms with van der Waals surface area (Å²) >= 11 is 0. The van der Waals surface area contributed by atoms with Crippen molar-refractivity contribution in [2.24, 2.45) is 5.92 Å². The summed E-state index contributed by atoms with van der Waals surface area (Å²) in [5.41, 5.74) is 1.59. The van der Waals surface area contributed by atoms with Gasteiger partial charge in [0.05, 0.1) is 11.1 Å². The van der Waals surface area contributed by atoms with Crippen LogP contribution < -0.4 is 0 Å². The maximum absolute atomic E-state index is 11.7. The molecule has 1 unspecified atom stereocenters. The highest BCUT2D eigenvalue weighted by Crippen LogP contribution is 2.27. The summed E-state index contributed by atoms with van der Waals surface area (Å²) in [5.74, 6) is -1.92. The van der Waals surface area contributed by atoms with E-state index >= 15 is 0 Å². The second-order valence-electron chi connectivity index (χ2n) is 6.11. The molecule has 0 spiro atoms. The van der Waals surface area contributed by atoms with E-state index in [0.29, 0.717) is 12.3 Å². The van der Waals surface area contributed by atoms with Crippen LogP contribution in [0.25, 0.3) is 0 Å². The lowest BCUT2D eigenvalue weighted by Crippen LogP contribution is -2.16. The minimum Gasteiger partial charge on any atom is -0.478 e. The molecule has 0 saturated carbocycles. The summed E-state index contributed by atoms with van der Waals surface area (Å²) in [6.07, 6.45) is 6.58. The van der Waals surface area contributed by atoms with Crippen molar-refractivity contribution in [3.8, 4) is 0 Å². The quantitative estimate of drug-likeness (QED) is 0.649. The largest absolute Gasteiger partial charge is 0.478 e. The van der Waals surface area contributed by atoms with E-state index in [0.717, 1.165) is 49.7 Å². The Labute approximate surface area is 138 Å². The fourth-order valence-electron chi connectivity index (χ4n) is 3.08. The van der Waals surface area contributed by atoms with Crippen molar-refractivity contribution < 1.29 is 19.8 Å². The first-order valence-corrected chi connectivity index (χ1v) is 8.57. The number of carbonyl (C=O) groups is 2. The van der Waals surface area contributed by atoms with Crippen molar-refractivity contribution in [1.29, 1.82) is 0 Å². The molecule has 0 bridgehead atoms. The van der Waals surface area contributed by atoms with E-state index < -0.39 is 11.9 Å². The first kappa shape index (κ1) is 19.2. The molecule has 0 saturated heterocycles. The zero-order valence-electron chi connectivity index (χ0n) is 14.4. The predicted molar refractivity (Wildman–Crippen MR) is 91.4 cm³/mol. The lowest BCUT2D eigenvalue weighted by atomic mass is 9.84. The van der Waals surface area contributed by atoms with Crippen molar-refractivity contribution in [1.82, 2.24) is 0 Å². The minimum absolute atomic E-state index is 0.0154. The van der Waals surface area contributed by atoms with Crippen molar-refractivity contribution >= 4 is 11.9 Å². The van der Waals surface area contributed by atoms with E-state index in [1.807, 2.05) is 6.92 Å². The van der Waals surface area contributed by atoms with Gasteiger partial charge in [-0.05, 0) is 36.0 Å². The maximum Gasteiger partial charge on any atom is 0.336 e. The minimum atomic E-state index is -1.17. The predicted octanol–water partition coefficient (Wildman–Crippen LogP) is 4.79. The second-order valence-corrected chi connectivity index (χ2v) is 6.11. The van der Waals surface area contributed by atoms with Gasteiger partial charge in [0.25, 0.3) is 0 Å². The normalized spacial score (nSPS) is 12.1. The molecule has 0 aromatic heterocycles. The van der Waals surface area contributed by atoms with E-state index in [-0.39, 0.29) is 11.1 Å². The second kappa shape index (κ2) is 9.33. The van der Waals surface area contributed by atoms with Gasteiger partial charge in [0.2, 0.25) is 0 Å². The third-order valence-electron chi connectivity index (χ3n) is 4.41. The van der Waals surface area contributed by atoms with Gasteiger partial charge in [-0.2, -0.15) is 0 Å². The molecule has 1 atom stereocenters. The topological polar surface area (TPSA) is 74.6 Å². The molecule has 0 radical (unpaired) electrons. The molecular weight excluding hydrogens is 292 g/mol. The first-order chi connectivity index (χ1) is 11.0. The summed E-state index contributed by atoms with van der Waals surface area (Å²) in [6.45, 7) is 6.30. The molecule has 2 N–H and O–H groups in total. The van der Waals surface area contributed by atoms with E-state index in [2.05, 4.69) is 13.8 Å². The average Bonchev–Trinajstić information content (AvgIpc) is 2.51. The summed E-state index contributed by atoms with van der Waals surface area (Å²) in [7, 11) is 0. The zero-order chi connectivity index (χ0) is 17.4. The summed E-state index contributed by atoms with van der Waals surface area (Å²) < 4.78 is 0. The molecule has 128 valence electrons. The lowest BCUT2D eigenvalue weighted by molar-refractivity contribution is 0.0650. The van der Waals surface area contributed by atoms with Gasteiger partial charge in [0.15, 0.2) is 0 Å². The van der Waals surface area contributed by atoms with Gasteiger partial charge in [-0.25, -0.2) is 9.59 Å². The Kier molecular flexibility index (Phi) is 7.79. The van der Waals surface area contributed by atoms with Crippen LogP contribution in [-0.4, -0.2) is 22.2 Å². The molecular formula is C19H28O4. The van der Waals surface area contributed by atoms with Gasteiger partial charge in [0.1, 0.15) is 0 Å². The molecule has 0 aliphatic rings. The first-order valence-electron chi connectivity index (χ1n) is 8.57. The van der Waals surface area contributed by atoms with Crippen LogP contribution >= 0.6 is 0 Å². The van der Waals surface area contributed by atoms with Crippen LogP contribution in [0.5, 0.6) is 0 Å². The Morgan fingerprint density at radius 2 is 1.74 bits per heavy atom. The van der Waals surface area contributed by atoms with Crippen molar-refractivity contribution in [3.63, 3.8) is 0 Å². The number of unbranched alkanes of at least 4 members (excludes halogenated alkanes) is 1. The zero-order valence-corrected chi connectivity index (χ0v) is 14.4. The molecule has 0 heterocycles. The standard InChI is InChI=1S/C19H28O4/c1-4-7-9-13(6-3)12-16-14(8-5-2)10-11-15(18(20)21)17(16)19(22)23/h10-11,13H,4-9,12H2,1-3H3,(H,20,21)(H,22,23). The van der Waals surface area contributed by atoms with Crippen molar-refractivity contribution in [2.45, 2.75) is 65.7 Å². The number of carboxylic acids is 2. The number of aromatic carboxylic acids is 2. The van der Waals surface area contributed by atoms with Crippen LogP contribution in [0.2, 0.25) is 0 Å².